The second-order valence-corrected chi connectivity index (χ2v) is 10.1. The molecule has 1 atom stereocenters. The van der Waals surface area contributed by atoms with Gasteiger partial charge in [0.25, 0.3) is 0 Å². The first kappa shape index (κ1) is 26.8. The summed E-state index contributed by atoms with van der Waals surface area (Å²) in [5.74, 6) is -0.0239. The molecule has 6 heteroatoms. The predicted octanol–water partition coefficient (Wildman–Crippen LogP) is 6.26. The SMILES string of the molecule is Cc1ccc(CC(=O)N(Cc2ccc(Cl)cc2Cl)[C@H](Cc2ccccc2)C(=O)NCC(C)C)cc1. The van der Waals surface area contributed by atoms with E-state index >= 15 is 0 Å². The average Bonchev–Trinajstić information content (AvgIpc) is 2.83. The van der Waals surface area contributed by atoms with Crippen LogP contribution in [0.2, 0.25) is 10.0 Å². The van der Waals surface area contributed by atoms with Crippen molar-refractivity contribution in [3.8, 4) is 0 Å². The molecule has 0 spiro atoms. The molecule has 0 radical (unpaired) electrons. The summed E-state index contributed by atoms with van der Waals surface area (Å²) in [6, 6.07) is 22.1. The molecule has 1 N–H and O–H groups in total. The zero-order valence-electron chi connectivity index (χ0n) is 20.4. The number of nitrogens with one attached hydrogen (secondary N) is 1. The summed E-state index contributed by atoms with van der Waals surface area (Å²) in [7, 11) is 0. The third-order valence-electron chi connectivity index (χ3n) is 5.79. The first-order valence-electron chi connectivity index (χ1n) is 11.8. The number of hydrogen-bond acceptors (Lipinski definition) is 2. The van der Waals surface area contributed by atoms with Crippen LogP contribution in [0.15, 0.2) is 72.8 Å². The Morgan fingerprint density at radius 2 is 1.60 bits per heavy atom. The maximum absolute atomic E-state index is 13.7. The van der Waals surface area contributed by atoms with E-state index in [1.54, 1.807) is 17.0 Å². The monoisotopic (exact) mass is 510 g/mol. The summed E-state index contributed by atoms with van der Waals surface area (Å²) < 4.78 is 0. The summed E-state index contributed by atoms with van der Waals surface area (Å²) in [5.41, 5.74) is 3.74. The van der Waals surface area contributed by atoms with Gasteiger partial charge in [-0.1, -0.05) is 103 Å². The number of benzene rings is 3. The molecule has 0 bridgehead atoms. The van der Waals surface area contributed by atoms with Gasteiger partial charge in [0.2, 0.25) is 11.8 Å². The molecule has 3 rings (SSSR count). The highest BCUT2D eigenvalue weighted by Gasteiger charge is 2.31. The average molecular weight is 511 g/mol. The van der Waals surface area contributed by atoms with Crippen LogP contribution in [0.1, 0.15) is 36.1 Å². The molecule has 184 valence electrons. The fourth-order valence-corrected chi connectivity index (χ4v) is 4.26. The molecule has 0 saturated heterocycles. The second-order valence-electron chi connectivity index (χ2n) is 9.26. The van der Waals surface area contributed by atoms with Crippen molar-refractivity contribution in [3.63, 3.8) is 0 Å². The van der Waals surface area contributed by atoms with Crippen LogP contribution in [-0.2, 0) is 29.0 Å². The normalized spacial score (nSPS) is 11.8. The Morgan fingerprint density at radius 3 is 2.23 bits per heavy atom. The van der Waals surface area contributed by atoms with Gasteiger partial charge < -0.3 is 10.2 Å². The van der Waals surface area contributed by atoms with Gasteiger partial charge >= 0.3 is 0 Å². The van der Waals surface area contributed by atoms with Gasteiger partial charge in [0, 0.05) is 29.6 Å². The van der Waals surface area contributed by atoms with E-state index in [4.69, 9.17) is 23.2 Å². The topological polar surface area (TPSA) is 49.4 Å². The summed E-state index contributed by atoms with van der Waals surface area (Å²) in [6.07, 6.45) is 0.587. The highest BCUT2D eigenvalue weighted by Crippen LogP contribution is 2.24. The van der Waals surface area contributed by atoms with Crippen molar-refractivity contribution in [1.29, 1.82) is 0 Å². The lowest BCUT2D eigenvalue weighted by Crippen LogP contribution is -2.51. The van der Waals surface area contributed by atoms with Gasteiger partial charge in [-0.15, -0.1) is 0 Å². The van der Waals surface area contributed by atoms with Crippen molar-refractivity contribution in [2.24, 2.45) is 5.92 Å². The van der Waals surface area contributed by atoms with Crippen molar-refractivity contribution >= 4 is 35.0 Å². The van der Waals surface area contributed by atoms with Crippen molar-refractivity contribution in [2.45, 2.75) is 46.2 Å². The number of amides is 2. The second kappa shape index (κ2) is 12.8. The number of rotatable bonds is 10. The van der Waals surface area contributed by atoms with Crippen LogP contribution >= 0.6 is 23.2 Å². The maximum Gasteiger partial charge on any atom is 0.243 e. The van der Waals surface area contributed by atoms with Crippen LogP contribution in [0.5, 0.6) is 0 Å². The van der Waals surface area contributed by atoms with E-state index in [0.717, 1.165) is 22.3 Å². The lowest BCUT2D eigenvalue weighted by atomic mass is 10.0. The molecule has 3 aromatic carbocycles. The van der Waals surface area contributed by atoms with Crippen LogP contribution < -0.4 is 5.32 Å². The molecular formula is C29H32Cl2N2O2. The molecule has 0 saturated carbocycles. The van der Waals surface area contributed by atoms with E-state index in [0.29, 0.717) is 28.9 Å². The summed E-state index contributed by atoms with van der Waals surface area (Å²) in [4.78, 5) is 28.8. The van der Waals surface area contributed by atoms with Crippen molar-refractivity contribution in [1.82, 2.24) is 10.2 Å². The summed E-state index contributed by atoms with van der Waals surface area (Å²) in [5, 5.41) is 4.02. The van der Waals surface area contributed by atoms with Crippen LogP contribution in [0.25, 0.3) is 0 Å². The third kappa shape index (κ3) is 8.12. The van der Waals surface area contributed by atoms with Gasteiger partial charge in [-0.2, -0.15) is 0 Å². The Bertz CT molecular complexity index is 1130. The maximum atomic E-state index is 13.7. The van der Waals surface area contributed by atoms with Gasteiger partial charge in [-0.25, -0.2) is 0 Å². The van der Waals surface area contributed by atoms with E-state index in [9.17, 15) is 9.59 Å². The van der Waals surface area contributed by atoms with Crippen molar-refractivity contribution in [3.05, 3.63) is 105 Å². The minimum atomic E-state index is -0.694. The Balaban J connectivity index is 1.97. The third-order valence-corrected chi connectivity index (χ3v) is 6.37. The van der Waals surface area contributed by atoms with E-state index in [1.165, 1.54) is 0 Å². The quantitative estimate of drug-likeness (QED) is 0.350. The lowest BCUT2D eigenvalue weighted by molar-refractivity contribution is -0.140. The molecule has 2 amide bonds. The number of carbonyl (C=O) groups excluding carboxylic acids is 2. The predicted molar refractivity (Wildman–Crippen MR) is 144 cm³/mol. The zero-order valence-corrected chi connectivity index (χ0v) is 21.9. The van der Waals surface area contributed by atoms with E-state index in [1.807, 2.05) is 81.4 Å². The molecule has 0 fully saturated rings. The number of aryl methyl sites for hydroxylation is 1. The Kier molecular flexibility index (Phi) is 9.76. The Morgan fingerprint density at radius 1 is 0.914 bits per heavy atom. The summed E-state index contributed by atoms with van der Waals surface area (Å²) >= 11 is 12.6. The molecule has 0 aliphatic heterocycles. The minimum Gasteiger partial charge on any atom is -0.354 e. The van der Waals surface area contributed by atoms with Gasteiger partial charge in [-0.05, 0) is 41.7 Å². The lowest BCUT2D eigenvalue weighted by Gasteiger charge is -2.32. The molecular weight excluding hydrogens is 479 g/mol. The van der Waals surface area contributed by atoms with Crippen LogP contribution in [0.3, 0.4) is 0 Å². The van der Waals surface area contributed by atoms with Crippen molar-refractivity contribution < 1.29 is 9.59 Å². The molecule has 0 heterocycles. The van der Waals surface area contributed by atoms with Gasteiger partial charge in [-0.3, -0.25) is 9.59 Å². The molecule has 0 aliphatic rings. The number of carbonyl (C=O) groups is 2. The molecule has 0 aromatic heterocycles. The van der Waals surface area contributed by atoms with E-state index in [-0.39, 0.29) is 24.8 Å². The Labute approximate surface area is 218 Å². The highest BCUT2D eigenvalue weighted by atomic mass is 35.5. The minimum absolute atomic E-state index is 0.138. The van der Waals surface area contributed by atoms with Crippen LogP contribution in [0.4, 0.5) is 0 Å². The van der Waals surface area contributed by atoms with Gasteiger partial charge in [0.15, 0.2) is 0 Å². The van der Waals surface area contributed by atoms with E-state index < -0.39 is 6.04 Å². The van der Waals surface area contributed by atoms with Gasteiger partial charge in [0.05, 0.1) is 6.42 Å². The number of hydrogen-bond donors (Lipinski definition) is 1. The molecule has 0 unspecified atom stereocenters. The van der Waals surface area contributed by atoms with E-state index in [2.05, 4.69) is 5.32 Å². The standard InChI is InChI=1S/C29H32Cl2N2O2/c1-20(2)18-32-29(35)27(15-22-7-5-4-6-8-22)33(19-24-13-14-25(30)17-26(24)31)28(34)16-23-11-9-21(3)10-12-23/h4-14,17,20,27H,15-16,18-19H2,1-3H3,(H,32,35)/t27-/m1/s1. The fourth-order valence-electron chi connectivity index (χ4n) is 3.79. The first-order chi connectivity index (χ1) is 16.7. The summed E-state index contributed by atoms with van der Waals surface area (Å²) in [6.45, 7) is 6.83. The number of nitrogens with zero attached hydrogens (tertiary/aromatic N) is 1. The van der Waals surface area contributed by atoms with Crippen LogP contribution in [0, 0.1) is 12.8 Å². The molecule has 3 aromatic rings. The smallest absolute Gasteiger partial charge is 0.243 e. The molecule has 0 aliphatic carbocycles. The van der Waals surface area contributed by atoms with Gasteiger partial charge in [0.1, 0.15) is 6.04 Å². The molecule has 4 nitrogen and oxygen atoms in total. The zero-order chi connectivity index (χ0) is 25.4. The van der Waals surface area contributed by atoms with Crippen LogP contribution in [-0.4, -0.2) is 29.3 Å². The van der Waals surface area contributed by atoms with Crippen molar-refractivity contribution in [2.75, 3.05) is 6.54 Å². The molecule has 35 heavy (non-hydrogen) atoms. The Hall–Kier alpha value is -2.82. The number of halogens is 2. The fraction of sp³-hybridized carbons (Fsp3) is 0.310. The first-order valence-corrected chi connectivity index (χ1v) is 12.6. The largest absolute Gasteiger partial charge is 0.354 e. The highest BCUT2D eigenvalue weighted by molar-refractivity contribution is 6.35.